The molecule has 1 aromatic carbocycles. The second-order valence-electron chi connectivity index (χ2n) is 9.89. The molecule has 2 atom stereocenters. The first-order valence-corrected chi connectivity index (χ1v) is 12.9. The van der Waals surface area contributed by atoms with E-state index in [1.54, 1.807) is 7.11 Å². The standard InChI is InChI=1S/C28H38N4O3/c1-20-23(18-30-31-20)7-4-15-32-16-13-21(24(19-32)8-11-28(33)34)5-3-6-22-12-14-29-27-10-9-25(35-2)17-26(22)27/h9-10,12,14,17-18,21,24H,3-8,11,13,15-16,19H2,1-2H3,(H,30,31)(H,33,34). The van der Waals surface area contributed by atoms with Gasteiger partial charge in [-0.3, -0.25) is 14.9 Å². The zero-order chi connectivity index (χ0) is 24.6. The van der Waals surface area contributed by atoms with E-state index in [1.165, 1.54) is 11.1 Å². The van der Waals surface area contributed by atoms with Gasteiger partial charge in [-0.1, -0.05) is 0 Å². The van der Waals surface area contributed by atoms with Gasteiger partial charge in [0.2, 0.25) is 0 Å². The number of nitrogens with one attached hydrogen (secondary N) is 1. The van der Waals surface area contributed by atoms with E-state index < -0.39 is 5.97 Å². The monoisotopic (exact) mass is 478 g/mol. The summed E-state index contributed by atoms with van der Waals surface area (Å²) >= 11 is 0. The Labute approximate surface area is 207 Å². The van der Waals surface area contributed by atoms with Gasteiger partial charge in [0.1, 0.15) is 5.75 Å². The summed E-state index contributed by atoms with van der Waals surface area (Å²) in [5.41, 5.74) is 4.69. The number of carboxylic acid groups (broad SMARTS) is 1. The number of ether oxygens (including phenoxy) is 1. The number of benzene rings is 1. The average Bonchev–Trinajstić information content (AvgIpc) is 3.28. The second kappa shape index (κ2) is 12.2. The number of methoxy groups -OCH3 is 1. The molecule has 35 heavy (non-hydrogen) atoms. The Kier molecular flexibility index (Phi) is 8.74. The minimum absolute atomic E-state index is 0.262. The fourth-order valence-electron chi connectivity index (χ4n) is 5.59. The number of carbonyl (C=O) groups is 1. The Bertz CT molecular complexity index is 1110. The minimum Gasteiger partial charge on any atom is -0.497 e. The number of H-pyrrole nitrogens is 1. The molecule has 2 aromatic heterocycles. The fourth-order valence-corrected chi connectivity index (χ4v) is 5.59. The van der Waals surface area contributed by atoms with Gasteiger partial charge in [0.05, 0.1) is 18.3 Å². The van der Waals surface area contributed by atoms with Crippen molar-refractivity contribution >= 4 is 16.9 Å². The van der Waals surface area contributed by atoms with E-state index >= 15 is 0 Å². The van der Waals surface area contributed by atoms with Crippen LogP contribution >= 0.6 is 0 Å². The zero-order valence-corrected chi connectivity index (χ0v) is 21.0. The molecule has 3 heterocycles. The van der Waals surface area contributed by atoms with Crippen molar-refractivity contribution in [1.29, 1.82) is 0 Å². The van der Waals surface area contributed by atoms with Crippen molar-refractivity contribution < 1.29 is 14.6 Å². The highest BCUT2D eigenvalue weighted by atomic mass is 16.5. The summed E-state index contributed by atoms with van der Waals surface area (Å²) in [6.45, 7) is 5.22. The van der Waals surface area contributed by atoms with Crippen LogP contribution in [0.1, 0.15) is 55.3 Å². The average molecular weight is 479 g/mol. The molecule has 3 aromatic rings. The molecule has 1 aliphatic rings. The molecule has 188 valence electrons. The van der Waals surface area contributed by atoms with Gasteiger partial charge in [-0.25, -0.2) is 0 Å². The maximum atomic E-state index is 11.3. The smallest absolute Gasteiger partial charge is 0.303 e. The number of aryl methyl sites for hydroxylation is 3. The SMILES string of the molecule is COc1ccc2nccc(CCCC3CCN(CCCc4c[nH]nc4C)CC3CCC(=O)O)c2c1. The maximum absolute atomic E-state index is 11.3. The number of aromatic nitrogens is 3. The number of likely N-dealkylation sites (tertiary alicyclic amines) is 1. The van der Waals surface area contributed by atoms with E-state index in [2.05, 4.69) is 32.2 Å². The number of hydrogen-bond acceptors (Lipinski definition) is 5. The lowest BCUT2D eigenvalue weighted by Gasteiger charge is -2.39. The van der Waals surface area contributed by atoms with Gasteiger partial charge in [0.25, 0.3) is 0 Å². The van der Waals surface area contributed by atoms with Gasteiger partial charge >= 0.3 is 5.97 Å². The normalized spacial score (nSPS) is 18.7. The third-order valence-electron chi connectivity index (χ3n) is 7.62. The summed E-state index contributed by atoms with van der Waals surface area (Å²) in [7, 11) is 1.69. The summed E-state index contributed by atoms with van der Waals surface area (Å²) in [4.78, 5) is 18.3. The van der Waals surface area contributed by atoms with Gasteiger partial charge in [-0.2, -0.15) is 5.10 Å². The fraction of sp³-hybridized carbons (Fsp3) is 0.536. The molecular formula is C28H38N4O3. The maximum Gasteiger partial charge on any atom is 0.303 e. The molecule has 2 N–H and O–H groups in total. The molecule has 0 amide bonds. The number of fused-ring (bicyclic) bond motifs is 1. The van der Waals surface area contributed by atoms with Gasteiger partial charge in [0.15, 0.2) is 0 Å². The molecule has 7 nitrogen and oxygen atoms in total. The van der Waals surface area contributed by atoms with Crippen LogP contribution in [0, 0.1) is 18.8 Å². The lowest BCUT2D eigenvalue weighted by Crippen LogP contribution is -2.41. The van der Waals surface area contributed by atoms with E-state index in [9.17, 15) is 9.90 Å². The molecule has 4 rings (SSSR count). The Balaban J connectivity index is 1.32. The largest absolute Gasteiger partial charge is 0.497 e. The van der Waals surface area contributed by atoms with E-state index in [0.717, 1.165) is 86.9 Å². The first-order valence-electron chi connectivity index (χ1n) is 12.9. The Hall–Kier alpha value is -2.93. The molecule has 7 heteroatoms. The minimum atomic E-state index is -0.687. The summed E-state index contributed by atoms with van der Waals surface area (Å²) in [6.07, 6.45) is 11.5. The van der Waals surface area contributed by atoms with Crippen molar-refractivity contribution in [2.75, 3.05) is 26.7 Å². The van der Waals surface area contributed by atoms with Crippen molar-refractivity contribution in [2.45, 2.75) is 58.3 Å². The molecule has 0 bridgehead atoms. The lowest BCUT2D eigenvalue weighted by atomic mass is 9.79. The number of hydrogen-bond donors (Lipinski definition) is 2. The van der Waals surface area contributed by atoms with Gasteiger partial charge in [-0.05, 0) is 112 Å². The lowest BCUT2D eigenvalue weighted by molar-refractivity contribution is -0.137. The molecule has 2 unspecified atom stereocenters. The van der Waals surface area contributed by atoms with Crippen molar-refractivity contribution in [3.05, 3.63) is 53.5 Å². The topological polar surface area (TPSA) is 91.3 Å². The van der Waals surface area contributed by atoms with Crippen LogP contribution in [0.3, 0.4) is 0 Å². The predicted molar refractivity (Wildman–Crippen MR) is 138 cm³/mol. The Morgan fingerprint density at radius 1 is 1.17 bits per heavy atom. The number of piperidine rings is 1. The first-order chi connectivity index (χ1) is 17.0. The van der Waals surface area contributed by atoms with E-state index in [-0.39, 0.29) is 6.42 Å². The van der Waals surface area contributed by atoms with Crippen molar-refractivity contribution in [1.82, 2.24) is 20.1 Å². The van der Waals surface area contributed by atoms with Gasteiger partial charge in [0, 0.05) is 30.7 Å². The summed E-state index contributed by atoms with van der Waals surface area (Å²) in [5.74, 6) is 1.21. The zero-order valence-electron chi connectivity index (χ0n) is 21.0. The molecule has 1 fully saturated rings. The summed E-state index contributed by atoms with van der Waals surface area (Å²) in [5, 5.41) is 17.6. The highest BCUT2D eigenvalue weighted by Crippen LogP contribution is 2.32. The van der Waals surface area contributed by atoms with Crippen LogP contribution in [0.25, 0.3) is 10.9 Å². The van der Waals surface area contributed by atoms with E-state index in [0.29, 0.717) is 11.8 Å². The highest BCUT2D eigenvalue weighted by Gasteiger charge is 2.29. The van der Waals surface area contributed by atoms with Crippen LogP contribution in [-0.2, 0) is 17.6 Å². The second-order valence-corrected chi connectivity index (χ2v) is 9.89. The van der Waals surface area contributed by atoms with Crippen LogP contribution in [0.15, 0.2) is 36.7 Å². The van der Waals surface area contributed by atoms with Crippen molar-refractivity contribution in [3.63, 3.8) is 0 Å². The van der Waals surface area contributed by atoms with Crippen molar-refractivity contribution in [2.24, 2.45) is 11.8 Å². The highest BCUT2D eigenvalue weighted by molar-refractivity contribution is 5.83. The molecule has 0 spiro atoms. The van der Waals surface area contributed by atoms with Gasteiger partial charge < -0.3 is 14.7 Å². The van der Waals surface area contributed by atoms with Gasteiger partial charge in [-0.15, -0.1) is 0 Å². The van der Waals surface area contributed by atoms with Crippen LogP contribution < -0.4 is 4.74 Å². The summed E-state index contributed by atoms with van der Waals surface area (Å²) in [6, 6.07) is 8.17. The number of pyridine rings is 1. The van der Waals surface area contributed by atoms with Crippen molar-refractivity contribution in [3.8, 4) is 5.75 Å². The summed E-state index contributed by atoms with van der Waals surface area (Å²) < 4.78 is 5.42. The first kappa shape index (κ1) is 25.2. The molecule has 1 aliphatic heterocycles. The third kappa shape index (κ3) is 6.82. The molecule has 0 radical (unpaired) electrons. The van der Waals surface area contributed by atoms with E-state index in [1.807, 2.05) is 31.5 Å². The number of aromatic amines is 1. The molecule has 0 saturated carbocycles. The Morgan fingerprint density at radius 3 is 2.80 bits per heavy atom. The number of rotatable bonds is 12. The van der Waals surface area contributed by atoms with E-state index in [4.69, 9.17) is 4.74 Å². The third-order valence-corrected chi connectivity index (χ3v) is 7.62. The number of aliphatic carboxylic acids is 1. The molecule has 1 saturated heterocycles. The van der Waals surface area contributed by atoms with Crippen LogP contribution in [0.2, 0.25) is 0 Å². The molecular weight excluding hydrogens is 440 g/mol. The quantitative estimate of drug-likeness (QED) is 0.379. The van der Waals surface area contributed by atoms with Crippen LogP contribution in [-0.4, -0.2) is 57.9 Å². The van der Waals surface area contributed by atoms with Crippen LogP contribution in [0.4, 0.5) is 0 Å². The van der Waals surface area contributed by atoms with Crippen LogP contribution in [0.5, 0.6) is 5.75 Å². The Morgan fingerprint density at radius 2 is 2.03 bits per heavy atom. The predicted octanol–water partition coefficient (Wildman–Crippen LogP) is 5.03. The number of carboxylic acids is 1. The number of nitrogens with zero attached hydrogens (tertiary/aromatic N) is 3. The molecule has 0 aliphatic carbocycles.